The van der Waals surface area contributed by atoms with Crippen molar-refractivity contribution in [3.63, 3.8) is 0 Å². The summed E-state index contributed by atoms with van der Waals surface area (Å²) in [5.41, 5.74) is 0.308. The molecule has 0 bridgehead atoms. The van der Waals surface area contributed by atoms with Gasteiger partial charge in [0.2, 0.25) is 0 Å². The molecule has 2 atom stereocenters. The van der Waals surface area contributed by atoms with Crippen LogP contribution in [0.15, 0.2) is 34.2 Å². The first-order valence-corrected chi connectivity index (χ1v) is 9.03. The average Bonchev–Trinajstić information content (AvgIpc) is 3.20. The number of aromatic nitrogens is 3. The Morgan fingerprint density at radius 2 is 2.25 bits per heavy atom. The van der Waals surface area contributed by atoms with Gasteiger partial charge in [0.15, 0.2) is 10.9 Å². The Bertz CT molecular complexity index is 766. The minimum absolute atomic E-state index is 0.0296. The van der Waals surface area contributed by atoms with E-state index >= 15 is 0 Å². The fourth-order valence-electron chi connectivity index (χ4n) is 2.61. The Kier molecular flexibility index (Phi) is 5.43. The summed E-state index contributed by atoms with van der Waals surface area (Å²) in [4.78, 5) is 24.5. The van der Waals surface area contributed by atoms with Gasteiger partial charge < -0.3 is 4.74 Å². The van der Waals surface area contributed by atoms with Crippen molar-refractivity contribution in [2.75, 3.05) is 6.61 Å². The number of Topliss-reactive ketones (excluding diaryl/α,β-unsaturated/α-hetero) is 1. The SMILES string of the molecule is CC(Sc1n[nH]c(=O)n1CC1CCCO1)C(=O)c1ccc(Cl)cc1. The lowest BCUT2D eigenvalue weighted by molar-refractivity contribution is 0.0941. The van der Waals surface area contributed by atoms with Gasteiger partial charge in [-0.2, -0.15) is 0 Å². The topological polar surface area (TPSA) is 77.0 Å². The van der Waals surface area contributed by atoms with Gasteiger partial charge in [-0.05, 0) is 44.0 Å². The van der Waals surface area contributed by atoms with Crippen LogP contribution in [0, 0.1) is 0 Å². The quantitative estimate of drug-likeness (QED) is 0.627. The van der Waals surface area contributed by atoms with Crippen LogP contribution < -0.4 is 5.69 Å². The fourth-order valence-corrected chi connectivity index (χ4v) is 3.68. The zero-order valence-electron chi connectivity index (χ0n) is 13.2. The molecule has 0 radical (unpaired) electrons. The van der Waals surface area contributed by atoms with Crippen LogP contribution in [-0.4, -0.2) is 38.5 Å². The molecule has 1 aliphatic heterocycles. The van der Waals surface area contributed by atoms with Crippen molar-refractivity contribution in [3.05, 3.63) is 45.3 Å². The second-order valence-corrected chi connectivity index (χ2v) is 7.43. The molecule has 1 saturated heterocycles. The number of H-pyrrole nitrogens is 1. The molecule has 1 fully saturated rings. The lowest BCUT2D eigenvalue weighted by Crippen LogP contribution is -2.25. The molecule has 3 rings (SSSR count). The molecule has 2 heterocycles. The van der Waals surface area contributed by atoms with Crippen LogP contribution in [0.2, 0.25) is 5.02 Å². The predicted octanol–water partition coefficient (Wildman–Crippen LogP) is 2.77. The number of aromatic amines is 1. The third kappa shape index (κ3) is 3.91. The van der Waals surface area contributed by atoms with E-state index in [1.165, 1.54) is 11.8 Å². The van der Waals surface area contributed by atoms with E-state index in [0.717, 1.165) is 19.4 Å². The van der Waals surface area contributed by atoms with Gasteiger partial charge in [-0.15, -0.1) is 5.10 Å². The number of ketones is 1. The first kappa shape index (κ1) is 17.3. The Morgan fingerprint density at radius 3 is 2.92 bits per heavy atom. The number of carbonyl (C=O) groups excluding carboxylic acids is 1. The normalized spacial score (nSPS) is 18.7. The van der Waals surface area contributed by atoms with Crippen LogP contribution in [0.3, 0.4) is 0 Å². The highest BCUT2D eigenvalue weighted by Gasteiger charge is 2.23. The van der Waals surface area contributed by atoms with Crippen molar-refractivity contribution >= 4 is 29.1 Å². The molecule has 0 saturated carbocycles. The number of nitrogens with one attached hydrogen (secondary N) is 1. The van der Waals surface area contributed by atoms with Gasteiger partial charge in [0, 0.05) is 17.2 Å². The van der Waals surface area contributed by atoms with E-state index in [-0.39, 0.29) is 22.8 Å². The van der Waals surface area contributed by atoms with Crippen LogP contribution >= 0.6 is 23.4 Å². The molecule has 2 unspecified atom stereocenters. The van der Waals surface area contributed by atoms with Crippen molar-refractivity contribution in [2.24, 2.45) is 0 Å². The van der Waals surface area contributed by atoms with Gasteiger partial charge in [-0.25, -0.2) is 9.89 Å². The maximum atomic E-state index is 12.5. The Balaban J connectivity index is 1.72. The number of benzene rings is 1. The second kappa shape index (κ2) is 7.55. The highest BCUT2D eigenvalue weighted by atomic mass is 35.5. The third-order valence-corrected chi connectivity index (χ3v) is 5.26. The lowest BCUT2D eigenvalue weighted by Gasteiger charge is -2.13. The molecule has 128 valence electrons. The van der Waals surface area contributed by atoms with E-state index in [9.17, 15) is 9.59 Å². The number of thioether (sulfide) groups is 1. The van der Waals surface area contributed by atoms with Gasteiger partial charge in [-0.1, -0.05) is 23.4 Å². The number of ether oxygens (including phenoxy) is 1. The summed E-state index contributed by atoms with van der Waals surface area (Å²) in [5, 5.41) is 7.22. The number of hydrogen-bond acceptors (Lipinski definition) is 5. The summed E-state index contributed by atoms with van der Waals surface area (Å²) < 4.78 is 7.13. The minimum atomic E-state index is -0.371. The van der Waals surface area contributed by atoms with Crippen LogP contribution in [0.25, 0.3) is 0 Å². The van der Waals surface area contributed by atoms with Crippen molar-refractivity contribution in [3.8, 4) is 0 Å². The number of carbonyl (C=O) groups is 1. The second-order valence-electron chi connectivity index (χ2n) is 5.69. The fraction of sp³-hybridized carbons (Fsp3) is 0.438. The van der Waals surface area contributed by atoms with Crippen LogP contribution in [0.1, 0.15) is 30.1 Å². The Morgan fingerprint density at radius 1 is 1.50 bits per heavy atom. The Labute approximate surface area is 148 Å². The van der Waals surface area contributed by atoms with Gasteiger partial charge in [0.05, 0.1) is 17.9 Å². The van der Waals surface area contributed by atoms with Gasteiger partial charge in [0.25, 0.3) is 0 Å². The maximum Gasteiger partial charge on any atom is 0.344 e. The summed E-state index contributed by atoms with van der Waals surface area (Å²) in [6, 6.07) is 6.78. The van der Waals surface area contributed by atoms with Crippen molar-refractivity contribution in [2.45, 2.75) is 42.8 Å². The van der Waals surface area contributed by atoms with E-state index in [1.807, 2.05) is 0 Å². The molecule has 0 aliphatic carbocycles. The van der Waals surface area contributed by atoms with Crippen LogP contribution in [0.5, 0.6) is 0 Å². The highest BCUT2D eigenvalue weighted by molar-refractivity contribution is 8.00. The molecular weight excluding hydrogens is 350 g/mol. The highest BCUT2D eigenvalue weighted by Crippen LogP contribution is 2.25. The van der Waals surface area contributed by atoms with E-state index in [0.29, 0.717) is 22.3 Å². The summed E-state index contributed by atoms with van der Waals surface area (Å²) in [6.45, 7) is 2.99. The summed E-state index contributed by atoms with van der Waals surface area (Å²) >= 11 is 7.11. The van der Waals surface area contributed by atoms with Crippen LogP contribution in [-0.2, 0) is 11.3 Å². The van der Waals surface area contributed by atoms with E-state index < -0.39 is 0 Å². The first-order valence-electron chi connectivity index (χ1n) is 7.78. The molecule has 2 aromatic rings. The van der Waals surface area contributed by atoms with Crippen molar-refractivity contribution < 1.29 is 9.53 Å². The number of rotatable bonds is 6. The smallest absolute Gasteiger partial charge is 0.344 e. The standard InChI is InChI=1S/C16H18ClN3O3S/c1-10(14(21)11-4-6-12(17)7-5-11)24-16-19-18-15(22)20(16)9-13-3-2-8-23-13/h4-7,10,13H,2-3,8-9H2,1H3,(H,18,22). The molecule has 1 aliphatic rings. The molecule has 0 amide bonds. The molecule has 24 heavy (non-hydrogen) atoms. The summed E-state index contributed by atoms with van der Waals surface area (Å²) in [6.07, 6.45) is 1.97. The molecule has 1 N–H and O–H groups in total. The molecule has 8 heteroatoms. The van der Waals surface area contributed by atoms with Gasteiger partial charge >= 0.3 is 5.69 Å². The number of hydrogen-bond donors (Lipinski definition) is 1. The molecule has 1 aromatic carbocycles. The summed E-state index contributed by atoms with van der Waals surface area (Å²) in [5.74, 6) is -0.0317. The number of nitrogens with zero attached hydrogens (tertiary/aromatic N) is 2. The molecule has 6 nitrogen and oxygen atoms in total. The lowest BCUT2D eigenvalue weighted by atomic mass is 10.1. The third-order valence-electron chi connectivity index (χ3n) is 3.91. The van der Waals surface area contributed by atoms with E-state index in [4.69, 9.17) is 16.3 Å². The average molecular weight is 368 g/mol. The zero-order valence-corrected chi connectivity index (χ0v) is 14.8. The van der Waals surface area contributed by atoms with Crippen molar-refractivity contribution in [1.29, 1.82) is 0 Å². The van der Waals surface area contributed by atoms with E-state index in [1.54, 1.807) is 35.8 Å². The molecule has 1 aromatic heterocycles. The van der Waals surface area contributed by atoms with Gasteiger partial charge in [-0.3, -0.25) is 9.36 Å². The summed E-state index contributed by atoms with van der Waals surface area (Å²) in [7, 11) is 0. The maximum absolute atomic E-state index is 12.5. The first-order chi connectivity index (χ1) is 11.5. The zero-order chi connectivity index (χ0) is 17.1. The van der Waals surface area contributed by atoms with E-state index in [2.05, 4.69) is 10.2 Å². The van der Waals surface area contributed by atoms with Crippen molar-refractivity contribution in [1.82, 2.24) is 14.8 Å². The molecule has 0 spiro atoms. The Hall–Kier alpha value is -1.57. The minimum Gasteiger partial charge on any atom is -0.376 e. The largest absolute Gasteiger partial charge is 0.376 e. The van der Waals surface area contributed by atoms with Crippen LogP contribution in [0.4, 0.5) is 0 Å². The predicted molar refractivity (Wildman–Crippen MR) is 92.9 cm³/mol. The van der Waals surface area contributed by atoms with Gasteiger partial charge in [0.1, 0.15) is 0 Å². The monoisotopic (exact) mass is 367 g/mol. The molecular formula is C16H18ClN3O3S. The number of halogens is 1.